The van der Waals surface area contributed by atoms with Gasteiger partial charge >= 0.3 is 0 Å². The molecule has 2 rings (SSSR count). The first kappa shape index (κ1) is 11.0. The monoisotopic (exact) mass is 236 g/mol. The van der Waals surface area contributed by atoms with E-state index in [1.807, 2.05) is 24.3 Å². The largest absolute Gasteiger partial charge is 0.233 e. The Morgan fingerprint density at radius 1 is 1.19 bits per heavy atom. The van der Waals surface area contributed by atoms with Crippen LogP contribution >= 0.6 is 11.6 Å². The van der Waals surface area contributed by atoms with Gasteiger partial charge in [0.2, 0.25) is 0 Å². The molecule has 0 N–H and O–H groups in total. The predicted molar refractivity (Wildman–Crippen MR) is 61.8 cm³/mol. The van der Waals surface area contributed by atoms with Crippen LogP contribution in [0.2, 0.25) is 5.15 Å². The summed E-state index contributed by atoms with van der Waals surface area (Å²) in [5, 5.41) is -0.149. The fourth-order valence-electron chi connectivity index (χ4n) is 1.45. The first-order valence-corrected chi connectivity index (χ1v) is 5.35. The predicted octanol–water partition coefficient (Wildman–Crippen LogP) is 3.50. The Morgan fingerprint density at radius 3 is 2.50 bits per heavy atom. The van der Waals surface area contributed by atoms with Crippen LogP contribution < -0.4 is 0 Å². The zero-order valence-corrected chi connectivity index (χ0v) is 9.50. The Balaban J connectivity index is 2.46. The summed E-state index contributed by atoms with van der Waals surface area (Å²) in [6.07, 6.45) is 2.21. The number of benzene rings is 1. The lowest BCUT2D eigenvalue weighted by atomic mass is 10.1. The second-order valence-electron chi connectivity index (χ2n) is 3.38. The highest BCUT2D eigenvalue weighted by atomic mass is 35.5. The minimum atomic E-state index is -0.576. The maximum atomic E-state index is 13.6. The number of rotatable bonds is 2. The molecule has 1 aromatic carbocycles. The fraction of sp³-hybridized carbons (Fsp3) is 0.167. The standard InChI is InChI=1S/C12H10ClFN2/c1-2-8-3-5-9(6-4-8)11-10(14)12(13)16-7-15-11/h3-7H,2H2,1H3. The van der Waals surface area contributed by atoms with Crippen LogP contribution in [-0.4, -0.2) is 9.97 Å². The van der Waals surface area contributed by atoms with Gasteiger partial charge in [-0.05, 0) is 12.0 Å². The average Bonchev–Trinajstić information content (AvgIpc) is 2.33. The highest BCUT2D eigenvalue weighted by molar-refractivity contribution is 6.29. The molecule has 0 bridgehead atoms. The van der Waals surface area contributed by atoms with Crippen LogP contribution in [0.5, 0.6) is 0 Å². The molecule has 0 atom stereocenters. The van der Waals surface area contributed by atoms with Crippen LogP contribution in [0.25, 0.3) is 11.3 Å². The lowest BCUT2D eigenvalue weighted by Gasteiger charge is -2.03. The lowest BCUT2D eigenvalue weighted by Crippen LogP contribution is -1.93. The van der Waals surface area contributed by atoms with Gasteiger partial charge in [-0.15, -0.1) is 0 Å². The quantitative estimate of drug-likeness (QED) is 0.746. The molecule has 0 spiro atoms. The molecule has 82 valence electrons. The third kappa shape index (κ3) is 2.04. The molecule has 0 amide bonds. The smallest absolute Gasteiger partial charge is 0.186 e. The first-order chi connectivity index (χ1) is 7.72. The molecule has 1 heterocycles. The Bertz CT molecular complexity index is 497. The maximum Gasteiger partial charge on any atom is 0.186 e. The van der Waals surface area contributed by atoms with E-state index in [0.29, 0.717) is 5.56 Å². The van der Waals surface area contributed by atoms with Crippen molar-refractivity contribution in [3.8, 4) is 11.3 Å². The number of halogens is 2. The first-order valence-electron chi connectivity index (χ1n) is 4.97. The number of aryl methyl sites for hydroxylation is 1. The molecular formula is C12H10ClFN2. The van der Waals surface area contributed by atoms with Crippen molar-refractivity contribution in [3.05, 3.63) is 47.1 Å². The minimum Gasteiger partial charge on any atom is -0.233 e. The third-order valence-electron chi connectivity index (χ3n) is 2.38. The third-order valence-corrected chi connectivity index (χ3v) is 2.65. The summed E-state index contributed by atoms with van der Waals surface area (Å²) >= 11 is 5.60. The molecule has 0 aliphatic heterocycles. The van der Waals surface area contributed by atoms with Crippen molar-refractivity contribution in [1.29, 1.82) is 0 Å². The van der Waals surface area contributed by atoms with Gasteiger partial charge in [0.25, 0.3) is 0 Å². The number of nitrogens with zero attached hydrogens (tertiary/aromatic N) is 2. The van der Waals surface area contributed by atoms with Crippen molar-refractivity contribution in [2.24, 2.45) is 0 Å². The molecule has 0 saturated carbocycles. The van der Waals surface area contributed by atoms with E-state index in [-0.39, 0.29) is 10.8 Å². The molecule has 0 unspecified atom stereocenters. The Labute approximate surface area is 98.1 Å². The Kier molecular flexibility index (Phi) is 3.15. The summed E-state index contributed by atoms with van der Waals surface area (Å²) in [6.45, 7) is 2.07. The van der Waals surface area contributed by atoms with E-state index in [1.54, 1.807) is 0 Å². The molecule has 16 heavy (non-hydrogen) atoms. The summed E-state index contributed by atoms with van der Waals surface area (Å²) < 4.78 is 13.6. The van der Waals surface area contributed by atoms with Gasteiger partial charge in [0.1, 0.15) is 12.0 Å². The Morgan fingerprint density at radius 2 is 1.88 bits per heavy atom. The molecule has 1 aromatic heterocycles. The molecule has 0 aliphatic rings. The summed E-state index contributed by atoms with van der Waals surface area (Å²) in [5.41, 5.74) is 2.14. The van der Waals surface area contributed by atoms with E-state index < -0.39 is 5.82 Å². The fourth-order valence-corrected chi connectivity index (χ4v) is 1.58. The topological polar surface area (TPSA) is 25.8 Å². The van der Waals surface area contributed by atoms with Crippen LogP contribution in [0.1, 0.15) is 12.5 Å². The summed E-state index contributed by atoms with van der Waals surface area (Å²) in [7, 11) is 0. The normalized spacial score (nSPS) is 10.4. The van der Waals surface area contributed by atoms with E-state index in [2.05, 4.69) is 16.9 Å². The highest BCUT2D eigenvalue weighted by Crippen LogP contribution is 2.23. The molecule has 4 heteroatoms. The van der Waals surface area contributed by atoms with E-state index in [9.17, 15) is 4.39 Å². The van der Waals surface area contributed by atoms with Crippen LogP contribution in [-0.2, 0) is 6.42 Å². The van der Waals surface area contributed by atoms with Gasteiger partial charge in [0.05, 0.1) is 0 Å². The van der Waals surface area contributed by atoms with Gasteiger partial charge in [-0.2, -0.15) is 0 Å². The lowest BCUT2D eigenvalue weighted by molar-refractivity contribution is 0.618. The van der Waals surface area contributed by atoms with Gasteiger partial charge < -0.3 is 0 Å². The second kappa shape index (κ2) is 4.58. The number of hydrogen-bond acceptors (Lipinski definition) is 2. The van der Waals surface area contributed by atoms with E-state index >= 15 is 0 Å². The van der Waals surface area contributed by atoms with Crippen molar-refractivity contribution in [3.63, 3.8) is 0 Å². The van der Waals surface area contributed by atoms with E-state index in [1.165, 1.54) is 11.9 Å². The van der Waals surface area contributed by atoms with Gasteiger partial charge in [0, 0.05) is 5.56 Å². The van der Waals surface area contributed by atoms with Crippen LogP contribution in [0.3, 0.4) is 0 Å². The molecule has 2 aromatic rings. The summed E-state index contributed by atoms with van der Waals surface area (Å²) in [6, 6.07) is 7.57. The van der Waals surface area contributed by atoms with Crippen molar-refractivity contribution < 1.29 is 4.39 Å². The molecule has 0 aliphatic carbocycles. The van der Waals surface area contributed by atoms with E-state index in [4.69, 9.17) is 11.6 Å². The van der Waals surface area contributed by atoms with Crippen LogP contribution in [0, 0.1) is 5.82 Å². The van der Waals surface area contributed by atoms with E-state index in [0.717, 1.165) is 6.42 Å². The minimum absolute atomic E-state index is 0.149. The average molecular weight is 237 g/mol. The zero-order valence-electron chi connectivity index (χ0n) is 8.74. The molecular weight excluding hydrogens is 227 g/mol. The second-order valence-corrected chi connectivity index (χ2v) is 3.74. The molecule has 2 nitrogen and oxygen atoms in total. The van der Waals surface area contributed by atoms with Crippen molar-refractivity contribution in [1.82, 2.24) is 9.97 Å². The maximum absolute atomic E-state index is 13.6. The number of aromatic nitrogens is 2. The van der Waals surface area contributed by atoms with Crippen molar-refractivity contribution in [2.45, 2.75) is 13.3 Å². The highest BCUT2D eigenvalue weighted by Gasteiger charge is 2.10. The van der Waals surface area contributed by atoms with Gasteiger partial charge in [-0.1, -0.05) is 42.8 Å². The Hall–Kier alpha value is -1.48. The van der Waals surface area contributed by atoms with Gasteiger partial charge in [-0.3, -0.25) is 0 Å². The van der Waals surface area contributed by atoms with Crippen molar-refractivity contribution >= 4 is 11.6 Å². The number of hydrogen-bond donors (Lipinski definition) is 0. The summed E-state index contributed by atoms with van der Waals surface area (Å²) in [4.78, 5) is 7.47. The van der Waals surface area contributed by atoms with Gasteiger partial charge in [-0.25, -0.2) is 14.4 Å². The zero-order chi connectivity index (χ0) is 11.5. The van der Waals surface area contributed by atoms with Crippen LogP contribution in [0.4, 0.5) is 4.39 Å². The van der Waals surface area contributed by atoms with Crippen LogP contribution in [0.15, 0.2) is 30.6 Å². The molecule has 0 radical (unpaired) electrons. The van der Waals surface area contributed by atoms with Gasteiger partial charge in [0.15, 0.2) is 11.0 Å². The molecule has 0 fully saturated rings. The SMILES string of the molecule is CCc1ccc(-c2ncnc(Cl)c2F)cc1. The summed E-state index contributed by atoms with van der Waals surface area (Å²) in [5.74, 6) is -0.576. The molecule has 0 saturated heterocycles. The van der Waals surface area contributed by atoms with Crippen molar-refractivity contribution in [2.75, 3.05) is 0 Å².